The molecule has 33 heavy (non-hydrogen) atoms. The molecule has 0 aliphatic rings. The number of pyridine rings is 1. The number of halogens is 1. The molecular formula is C23H24ClN7O2. The summed E-state index contributed by atoms with van der Waals surface area (Å²) in [7, 11) is 3.91. The molecule has 0 bridgehead atoms. The number of rotatable bonds is 9. The number of nitrogens with one attached hydrogen (secondary N) is 3. The molecule has 0 unspecified atom stereocenters. The number of carbonyl (C=O) groups is 1. The summed E-state index contributed by atoms with van der Waals surface area (Å²) in [6.45, 7) is 1.74. The van der Waals surface area contributed by atoms with Crippen molar-refractivity contribution < 1.29 is 9.21 Å². The summed E-state index contributed by atoms with van der Waals surface area (Å²) in [5, 5.41) is 19.4. The molecule has 1 aromatic carbocycles. The second-order valence-corrected chi connectivity index (χ2v) is 8.09. The summed E-state index contributed by atoms with van der Waals surface area (Å²) >= 11 is 5.95. The number of hydrogen-bond acceptors (Lipinski definition) is 8. The van der Waals surface area contributed by atoms with E-state index in [0.717, 1.165) is 23.2 Å². The van der Waals surface area contributed by atoms with Crippen LogP contribution >= 0.6 is 11.6 Å². The number of fused-ring (bicyclic) bond motifs is 1. The molecular weight excluding hydrogens is 442 g/mol. The minimum atomic E-state index is -0.204. The Bertz CT molecular complexity index is 1240. The molecule has 0 aliphatic heterocycles. The van der Waals surface area contributed by atoms with Gasteiger partial charge in [0.25, 0.3) is 5.91 Å². The second kappa shape index (κ2) is 10.3. The van der Waals surface area contributed by atoms with Crippen molar-refractivity contribution in [3.05, 3.63) is 71.2 Å². The lowest BCUT2D eigenvalue weighted by molar-refractivity contribution is 0.0946. The summed E-state index contributed by atoms with van der Waals surface area (Å²) in [4.78, 5) is 18.5. The van der Waals surface area contributed by atoms with Crippen LogP contribution in [0.5, 0.6) is 0 Å². The van der Waals surface area contributed by atoms with E-state index in [1.54, 1.807) is 30.7 Å². The van der Waals surface area contributed by atoms with Gasteiger partial charge in [0.1, 0.15) is 5.69 Å². The van der Waals surface area contributed by atoms with E-state index >= 15 is 0 Å². The summed E-state index contributed by atoms with van der Waals surface area (Å²) in [6.07, 6.45) is 3.21. The molecule has 170 valence electrons. The number of likely N-dealkylation sites (N-methyl/N-ethyl adjacent to an activating group) is 1. The molecule has 0 radical (unpaired) electrons. The van der Waals surface area contributed by atoms with Gasteiger partial charge in [0.05, 0.1) is 11.6 Å². The molecule has 1 amide bonds. The summed E-state index contributed by atoms with van der Waals surface area (Å²) in [6, 6.07) is 12.7. The van der Waals surface area contributed by atoms with Gasteiger partial charge in [0.15, 0.2) is 17.2 Å². The largest absolute Gasteiger partial charge is 0.460 e. The second-order valence-electron chi connectivity index (χ2n) is 7.65. The first-order chi connectivity index (χ1) is 16.0. The molecule has 0 atom stereocenters. The fourth-order valence-electron chi connectivity index (χ4n) is 3.13. The Balaban J connectivity index is 1.44. The van der Waals surface area contributed by atoms with Crippen LogP contribution in [0.15, 0.2) is 59.3 Å². The Labute approximate surface area is 196 Å². The number of nitrogens with zero attached hydrogens (tertiary/aromatic N) is 4. The van der Waals surface area contributed by atoms with Gasteiger partial charge < -0.3 is 25.3 Å². The van der Waals surface area contributed by atoms with Crippen molar-refractivity contribution in [2.24, 2.45) is 0 Å². The van der Waals surface area contributed by atoms with Gasteiger partial charge in [-0.2, -0.15) is 0 Å². The number of benzene rings is 1. The van der Waals surface area contributed by atoms with E-state index in [-0.39, 0.29) is 5.91 Å². The fraction of sp³-hybridized carbons (Fsp3) is 0.217. The molecule has 0 spiro atoms. The monoisotopic (exact) mass is 465 g/mol. The van der Waals surface area contributed by atoms with Crippen LogP contribution in [0, 0.1) is 0 Å². The Morgan fingerprint density at radius 1 is 1.09 bits per heavy atom. The van der Waals surface area contributed by atoms with Gasteiger partial charge in [0.2, 0.25) is 0 Å². The molecule has 10 heteroatoms. The van der Waals surface area contributed by atoms with Gasteiger partial charge in [-0.3, -0.25) is 9.78 Å². The first-order valence-electron chi connectivity index (χ1n) is 10.4. The fourth-order valence-corrected chi connectivity index (χ4v) is 3.26. The van der Waals surface area contributed by atoms with Crippen molar-refractivity contribution in [3.8, 4) is 0 Å². The molecule has 0 saturated heterocycles. The first-order valence-corrected chi connectivity index (χ1v) is 10.8. The van der Waals surface area contributed by atoms with Crippen molar-refractivity contribution >= 4 is 45.8 Å². The normalized spacial score (nSPS) is 11.0. The summed E-state index contributed by atoms with van der Waals surface area (Å²) < 4.78 is 5.65. The number of amides is 1. The molecule has 3 aromatic heterocycles. The Morgan fingerprint density at radius 3 is 2.67 bits per heavy atom. The molecule has 4 rings (SSSR count). The smallest absolute Gasteiger partial charge is 0.269 e. The minimum absolute atomic E-state index is 0.204. The highest BCUT2D eigenvalue weighted by atomic mass is 35.5. The Hall–Kier alpha value is -3.69. The van der Waals surface area contributed by atoms with Crippen molar-refractivity contribution in [1.29, 1.82) is 0 Å². The maximum atomic E-state index is 12.3. The lowest BCUT2D eigenvalue weighted by Gasteiger charge is -2.11. The molecule has 4 aromatic rings. The van der Waals surface area contributed by atoms with Gasteiger partial charge in [-0.15, -0.1) is 10.2 Å². The van der Waals surface area contributed by atoms with Gasteiger partial charge in [-0.05, 0) is 62.1 Å². The third-order valence-electron chi connectivity index (χ3n) is 4.85. The highest BCUT2D eigenvalue weighted by molar-refractivity contribution is 6.30. The van der Waals surface area contributed by atoms with Crippen LogP contribution in [0.3, 0.4) is 0 Å². The lowest BCUT2D eigenvalue weighted by atomic mass is 10.2. The molecule has 0 saturated carbocycles. The SMILES string of the molecule is CN(C)CCNC(=O)c1cc(CNc2nnc(Nc3ccc(Cl)cc3)c3ccoc23)ccn1. The standard InChI is InChI=1S/C23H24ClN7O2/c1-31(2)11-10-26-23(32)19-13-15(7-9-25-19)14-27-22-20-18(8-12-33-20)21(29-30-22)28-17-5-3-16(24)4-6-17/h3-9,12-13H,10-11,14H2,1-2H3,(H,26,32)(H,27,30)(H,28,29). The Kier molecular flexibility index (Phi) is 7.01. The van der Waals surface area contributed by atoms with Crippen molar-refractivity contribution in [1.82, 2.24) is 25.4 Å². The van der Waals surface area contributed by atoms with Gasteiger partial charge in [-0.1, -0.05) is 11.6 Å². The number of hydrogen-bond donors (Lipinski definition) is 3. The quantitative estimate of drug-likeness (QED) is 0.341. The molecule has 9 nitrogen and oxygen atoms in total. The number of aromatic nitrogens is 3. The number of anilines is 3. The van der Waals surface area contributed by atoms with Gasteiger partial charge >= 0.3 is 0 Å². The molecule has 0 aliphatic carbocycles. The van der Waals surface area contributed by atoms with E-state index in [1.807, 2.05) is 43.3 Å². The number of carbonyl (C=O) groups excluding carboxylic acids is 1. The van der Waals surface area contributed by atoms with E-state index < -0.39 is 0 Å². The maximum Gasteiger partial charge on any atom is 0.269 e. The summed E-state index contributed by atoms with van der Waals surface area (Å²) in [5.74, 6) is 0.877. The highest BCUT2D eigenvalue weighted by Gasteiger charge is 2.13. The van der Waals surface area contributed by atoms with Crippen LogP contribution in [0.2, 0.25) is 5.02 Å². The zero-order valence-corrected chi connectivity index (χ0v) is 19.1. The summed E-state index contributed by atoms with van der Waals surface area (Å²) in [5.41, 5.74) is 2.67. The lowest BCUT2D eigenvalue weighted by Crippen LogP contribution is -2.31. The topological polar surface area (TPSA) is 108 Å². The van der Waals surface area contributed by atoms with Gasteiger partial charge in [-0.25, -0.2) is 0 Å². The van der Waals surface area contributed by atoms with Crippen LogP contribution in [0.4, 0.5) is 17.3 Å². The average Bonchev–Trinajstić information content (AvgIpc) is 3.30. The van der Waals surface area contributed by atoms with E-state index in [2.05, 4.69) is 31.1 Å². The van der Waals surface area contributed by atoms with Crippen LogP contribution in [-0.4, -0.2) is 53.2 Å². The third kappa shape index (κ3) is 5.76. The van der Waals surface area contributed by atoms with Crippen molar-refractivity contribution in [2.75, 3.05) is 37.8 Å². The molecule has 0 fully saturated rings. The van der Waals surface area contributed by atoms with Gasteiger partial charge in [0, 0.05) is 36.5 Å². The van der Waals surface area contributed by atoms with E-state index in [0.29, 0.717) is 41.0 Å². The Morgan fingerprint density at radius 2 is 1.88 bits per heavy atom. The van der Waals surface area contributed by atoms with Crippen LogP contribution in [0.25, 0.3) is 11.0 Å². The van der Waals surface area contributed by atoms with Crippen LogP contribution in [0.1, 0.15) is 16.1 Å². The first kappa shape index (κ1) is 22.5. The van der Waals surface area contributed by atoms with E-state index in [4.69, 9.17) is 16.0 Å². The third-order valence-corrected chi connectivity index (χ3v) is 5.11. The predicted octanol–water partition coefficient (Wildman–Crippen LogP) is 3.92. The minimum Gasteiger partial charge on any atom is -0.460 e. The van der Waals surface area contributed by atoms with E-state index in [1.165, 1.54) is 0 Å². The molecule has 3 heterocycles. The zero-order chi connectivity index (χ0) is 23.2. The van der Waals surface area contributed by atoms with Crippen LogP contribution < -0.4 is 16.0 Å². The number of furan rings is 1. The average molecular weight is 466 g/mol. The van der Waals surface area contributed by atoms with Crippen molar-refractivity contribution in [2.45, 2.75) is 6.54 Å². The van der Waals surface area contributed by atoms with Crippen molar-refractivity contribution in [3.63, 3.8) is 0 Å². The highest BCUT2D eigenvalue weighted by Crippen LogP contribution is 2.29. The zero-order valence-electron chi connectivity index (χ0n) is 18.3. The molecule has 3 N–H and O–H groups in total. The van der Waals surface area contributed by atoms with Crippen LogP contribution in [-0.2, 0) is 6.54 Å². The van der Waals surface area contributed by atoms with E-state index in [9.17, 15) is 4.79 Å². The predicted molar refractivity (Wildman–Crippen MR) is 129 cm³/mol. The maximum absolute atomic E-state index is 12.3.